The maximum atomic E-state index is 13.8. The number of anilines is 2. The maximum Gasteiger partial charge on any atom is 0.337 e. The van der Waals surface area contributed by atoms with E-state index in [0.29, 0.717) is 40.9 Å². The monoisotopic (exact) mass is 613 g/mol. The van der Waals surface area contributed by atoms with Crippen LogP contribution >= 0.6 is 0 Å². The fourth-order valence-electron chi connectivity index (χ4n) is 5.54. The molecule has 0 atom stereocenters. The molecule has 3 aromatic carbocycles. The summed E-state index contributed by atoms with van der Waals surface area (Å²) >= 11 is 0. The van der Waals surface area contributed by atoms with Crippen LogP contribution < -0.4 is 16.0 Å². The van der Waals surface area contributed by atoms with Crippen molar-refractivity contribution in [3.05, 3.63) is 106 Å². The third-order valence-corrected chi connectivity index (χ3v) is 7.88. The second-order valence-electron chi connectivity index (χ2n) is 11.0. The predicted octanol–water partition coefficient (Wildman–Crippen LogP) is 4.02. The number of nitrogens with one attached hydrogen (secondary N) is 2. The molecule has 1 saturated heterocycles. The molecule has 0 unspecified atom stereocenters. The van der Waals surface area contributed by atoms with E-state index in [1.807, 2.05) is 7.05 Å². The fraction of sp³-hybridized carbons (Fsp3) is 0.188. The van der Waals surface area contributed by atoms with Crippen LogP contribution in [-0.4, -0.2) is 75.8 Å². The van der Waals surface area contributed by atoms with Gasteiger partial charge in [0.05, 0.1) is 33.6 Å². The number of benzene rings is 3. The van der Waals surface area contributed by atoms with Crippen LogP contribution in [0.3, 0.4) is 0 Å². The van der Waals surface area contributed by atoms with Gasteiger partial charge in [-0.3, -0.25) is 14.7 Å². The van der Waals surface area contributed by atoms with Gasteiger partial charge in [0, 0.05) is 50.0 Å². The summed E-state index contributed by atoms with van der Waals surface area (Å²) < 4.78 is 29.1. The highest BCUT2D eigenvalue weighted by Gasteiger charge is 2.25. The summed E-state index contributed by atoms with van der Waals surface area (Å²) in [6.07, 6.45) is 3.26. The number of carbonyl (C=O) groups excluding carboxylic acids is 2. The lowest BCUT2D eigenvalue weighted by Gasteiger charge is -2.35. The zero-order valence-corrected chi connectivity index (χ0v) is 24.2. The fourth-order valence-corrected chi connectivity index (χ4v) is 5.54. The first-order valence-corrected chi connectivity index (χ1v) is 14.1. The van der Waals surface area contributed by atoms with E-state index < -0.39 is 29.4 Å². The number of carboxylic acid groups (broad SMARTS) is 1. The van der Waals surface area contributed by atoms with E-state index in [0.717, 1.165) is 24.7 Å². The molecule has 5 aromatic rings. The van der Waals surface area contributed by atoms with Crippen molar-refractivity contribution in [1.82, 2.24) is 19.7 Å². The molecule has 1 aliphatic rings. The Morgan fingerprint density at radius 3 is 2.31 bits per heavy atom. The average molecular weight is 614 g/mol. The zero-order chi connectivity index (χ0) is 31.8. The van der Waals surface area contributed by atoms with Crippen LogP contribution in [-0.2, 0) is 6.42 Å². The standard InChI is InChI=1S/C32H29F2N7O4/c1-39-6-8-40(9-7-39)27-15-23(29(35)42)24(16-28(27)41-5-4-20(17-41)32(44)45)31(43)36-30-25-13-18(2-3-26(25)37-38-30)10-19-11-21(33)14-22(34)12-19/h2-5,11-17H,6-10H2,1H3,(H2,35,42)(H,44,45)(H2,36,37,38,43). The number of likely N-dealkylation sites (N-methyl/N-ethyl adjacent to an activating group) is 1. The Hall–Kier alpha value is -5.56. The molecular weight excluding hydrogens is 584 g/mol. The molecule has 6 rings (SSSR count). The molecule has 0 bridgehead atoms. The van der Waals surface area contributed by atoms with Gasteiger partial charge < -0.3 is 30.5 Å². The minimum Gasteiger partial charge on any atom is -0.478 e. The quantitative estimate of drug-likeness (QED) is 0.207. The number of fused-ring (bicyclic) bond motifs is 1. The molecule has 3 heterocycles. The second-order valence-corrected chi connectivity index (χ2v) is 11.0. The molecule has 0 radical (unpaired) electrons. The van der Waals surface area contributed by atoms with Crippen LogP contribution in [0, 0.1) is 11.6 Å². The number of hydrogen-bond donors (Lipinski definition) is 4. The molecule has 13 heteroatoms. The summed E-state index contributed by atoms with van der Waals surface area (Å²) in [4.78, 5) is 42.3. The summed E-state index contributed by atoms with van der Waals surface area (Å²) in [6.45, 7) is 2.82. The molecule has 2 aromatic heterocycles. The van der Waals surface area contributed by atoms with Gasteiger partial charge in [0.25, 0.3) is 5.91 Å². The summed E-state index contributed by atoms with van der Waals surface area (Å²) in [5.41, 5.74) is 8.70. The van der Waals surface area contributed by atoms with Gasteiger partial charge in [0.2, 0.25) is 5.91 Å². The predicted molar refractivity (Wildman–Crippen MR) is 164 cm³/mol. The lowest BCUT2D eigenvalue weighted by molar-refractivity contribution is 0.0696. The molecule has 0 saturated carbocycles. The van der Waals surface area contributed by atoms with Gasteiger partial charge in [0.15, 0.2) is 5.82 Å². The van der Waals surface area contributed by atoms with Crippen molar-refractivity contribution in [2.24, 2.45) is 5.73 Å². The Kier molecular flexibility index (Phi) is 7.77. The number of amides is 2. The van der Waals surface area contributed by atoms with Gasteiger partial charge in [-0.15, -0.1) is 0 Å². The van der Waals surface area contributed by atoms with E-state index in [-0.39, 0.29) is 28.9 Å². The third-order valence-electron chi connectivity index (χ3n) is 7.88. The SMILES string of the molecule is CN1CCN(c2cc(C(N)=O)c(C(=O)Nc3n[nH]c4ccc(Cc5cc(F)cc(F)c5)cc34)cc2-n2ccc(C(=O)O)c2)CC1. The number of aromatic nitrogens is 3. The van der Waals surface area contributed by atoms with E-state index in [1.54, 1.807) is 35.0 Å². The average Bonchev–Trinajstić information content (AvgIpc) is 3.64. The van der Waals surface area contributed by atoms with Gasteiger partial charge in [0.1, 0.15) is 11.6 Å². The Morgan fingerprint density at radius 1 is 0.933 bits per heavy atom. The molecule has 0 spiro atoms. The van der Waals surface area contributed by atoms with E-state index in [4.69, 9.17) is 5.73 Å². The Balaban J connectivity index is 1.37. The lowest BCUT2D eigenvalue weighted by atomic mass is 10.0. The number of H-pyrrole nitrogens is 1. The van der Waals surface area contributed by atoms with Crippen molar-refractivity contribution in [3.8, 4) is 5.69 Å². The minimum absolute atomic E-state index is 0.00977. The van der Waals surface area contributed by atoms with E-state index >= 15 is 0 Å². The molecule has 0 aliphatic carbocycles. The van der Waals surface area contributed by atoms with Crippen molar-refractivity contribution < 1.29 is 28.3 Å². The van der Waals surface area contributed by atoms with Crippen molar-refractivity contribution >= 4 is 40.2 Å². The number of hydrogen-bond acceptors (Lipinski definition) is 6. The number of halogens is 2. The number of nitrogens with two attached hydrogens (primary N) is 1. The summed E-state index contributed by atoms with van der Waals surface area (Å²) in [6, 6.07) is 13.1. The maximum absolute atomic E-state index is 13.8. The highest BCUT2D eigenvalue weighted by molar-refractivity contribution is 6.14. The van der Waals surface area contributed by atoms with Gasteiger partial charge in [-0.25, -0.2) is 13.6 Å². The van der Waals surface area contributed by atoms with Crippen molar-refractivity contribution in [2.75, 3.05) is 43.4 Å². The van der Waals surface area contributed by atoms with Gasteiger partial charge in [-0.1, -0.05) is 6.07 Å². The van der Waals surface area contributed by atoms with Gasteiger partial charge in [-0.2, -0.15) is 5.10 Å². The number of primary amides is 1. The Labute approximate surface area is 255 Å². The van der Waals surface area contributed by atoms with Gasteiger partial charge >= 0.3 is 5.97 Å². The molecule has 45 heavy (non-hydrogen) atoms. The number of nitrogens with zero attached hydrogens (tertiary/aromatic N) is 4. The van der Waals surface area contributed by atoms with E-state index in [2.05, 4.69) is 25.3 Å². The first-order chi connectivity index (χ1) is 21.5. The zero-order valence-electron chi connectivity index (χ0n) is 24.2. The van der Waals surface area contributed by atoms with Crippen LogP contribution in [0.25, 0.3) is 16.6 Å². The highest BCUT2D eigenvalue weighted by Crippen LogP contribution is 2.31. The van der Waals surface area contributed by atoms with Crippen LogP contribution in [0.1, 0.15) is 42.2 Å². The summed E-state index contributed by atoms with van der Waals surface area (Å²) in [5.74, 6) is -3.75. The number of piperazine rings is 1. The van der Waals surface area contributed by atoms with Crippen molar-refractivity contribution in [1.29, 1.82) is 0 Å². The Morgan fingerprint density at radius 2 is 1.64 bits per heavy atom. The van der Waals surface area contributed by atoms with Crippen molar-refractivity contribution in [3.63, 3.8) is 0 Å². The molecule has 2 amide bonds. The molecule has 5 N–H and O–H groups in total. The van der Waals surface area contributed by atoms with E-state index in [9.17, 15) is 28.3 Å². The van der Waals surface area contributed by atoms with Crippen LogP contribution in [0.2, 0.25) is 0 Å². The van der Waals surface area contributed by atoms with Gasteiger partial charge in [-0.05, 0) is 67.1 Å². The molecule has 1 fully saturated rings. The first-order valence-electron chi connectivity index (χ1n) is 14.1. The number of carboxylic acids is 1. The molecule has 1 aliphatic heterocycles. The minimum atomic E-state index is -1.10. The number of aromatic amines is 1. The highest BCUT2D eigenvalue weighted by atomic mass is 19.1. The van der Waals surface area contributed by atoms with Crippen LogP contribution in [0.5, 0.6) is 0 Å². The topological polar surface area (TPSA) is 150 Å². The summed E-state index contributed by atoms with van der Waals surface area (Å²) in [7, 11) is 2.01. The summed E-state index contributed by atoms with van der Waals surface area (Å²) in [5, 5.41) is 19.9. The smallest absolute Gasteiger partial charge is 0.337 e. The third kappa shape index (κ3) is 6.10. The first kappa shape index (κ1) is 29.5. The van der Waals surface area contributed by atoms with Crippen LogP contribution in [0.4, 0.5) is 20.3 Å². The number of carbonyl (C=O) groups is 3. The molecular formula is C32H29F2N7O4. The number of rotatable bonds is 8. The molecule has 230 valence electrons. The van der Waals surface area contributed by atoms with Crippen LogP contribution in [0.15, 0.2) is 67.0 Å². The Bertz CT molecular complexity index is 1940. The number of aromatic carboxylic acids is 1. The molecule has 11 nitrogen and oxygen atoms in total. The van der Waals surface area contributed by atoms with E-state index in [1.165, 1.54) is 30.5 Å². The lowest BCUT2D eigenvalue weighted by Crippen LogP contribution is -2.45. The largest absolute Gasteiger partial charge is 0.478 e. The second kappa shape index (κ2) is 11.8. The van der Waals surface area contributed by atoms with Crippen molar-refractivity contribution in [2.45, 2.75) is 6.42 Å². The normalized spacial score (nSPS) is 13.7.